The molecule has 0 aromatic heterocycles. The van der Waals surface area contributed by atoms with E-state index < -0.39 is 0 Å². The summed E-state index contributed by atoms with van der Waals surface area (Å²) in [5, 5.41) is 33.5. The molecule has 0 saturated heterocycles. The Morgan fingerprint density at radius 2 is 1.35 bits per heavy atom. The van der Waals surface area contributed by atoms with Crippen LogP contribution in [-0.4, -0.2) is 53.0 Å². The molecule has 3 aromatic rings. The van der Waals surface area contributed by atoms with Gasteiger partial charge in [-0.15, -0.1) is 6.58 Å². The highest BCUT2D eigenvalue weighted by Crippen LogP contribution is 2.39. The molecular weight excluding hydrogens is 619 g/mol. The van der Waals surface area contributed by atoms with Crippen LogP contribution in [0.3, 0.4) is 0 Å². The maximum Gasteiger partial charge on any atom is 0.290 e. The quantitative estimate of drug-likeness (QED) is 0.0688. The topological polar surface area (TPSA) is 115 Å². The van der Waals surface area contributed by atoms with Gasteiger partial charge in [-0.3, -0.25) is 9.59 Å². The van der Waals surface area contributed by atoms with E-state index in [1.165, 1.54) is 30.4 Å². The molecule has 0 aliphatic heterocycles. The van der Waals surface area contributed by atoms with Crippen molar-refractivity contribution in [2.45, 2.75) is 76.5 Å². The SMILES string of the molecule is C=C(C=O)CO.C=CCCC1CCC(c2ccc(-c3ccc(-c4cc(CCCO)cc(CCCC(=C)CO)c4)cc3)cc2F)CC1.O=CO. The van der Waals surface area contributed by atoms with E-state index in [9.17, 15) is 15.0 Å². The third-order valence-corrected chi connectivity index (χ3v) is 8.88. The zero-order valence-electron chi connectivity index (χ0n) is 28.7. The number of rotatable bonds is 16. The Kier molecular flexibility index (Phi) is 19.4. The molecule has 1 aliphatic carbocycles. The minimum atomic E-state index is -0.250. The highest BCUT2D eigenvalue weighted by atomic mass is 19.1. The van der Waals surface area contributed by atoms with E-state index in [0.29, 0.717) is 12.2 Å². The van der Waals surface area contributed by atoms with E-state index in [1.807, 2.05) is 12.1 Å². The summed E-state index contributed by atoms with van der Waals surface area (Å²) in [5.74, 6) is 0.999. The lowest BCUT2D eigenvalue weighted by Gasteiger charge is -2.29. The molecule has 0 bridgehead atoms. The summed E-state index contributed by atoms with van der Waals surface area (Å²) in [6.45, 7) is 10.7. The molecule has 4 rings (SSSR count). The van der Waals surface area contributed by atoms with Crippen LogP contribution in [-0.2, 0) is 22.4 Å². The van der Waals surface area contributed by atoms with Crippen molar-refractivity contribution in [2.24, 2.45) is 5.92 Å². The first-order valence-corrected chi connectivity index (χ1v) is 17.1. The van der Waals surface area contributed by atoms with Crippen LogP contribution in [0.25, 0.3) is 22.3 Å². The average Bonchev–Trinajstić information content (AvgIpc) is 3.13. The molecule has 0 atom stereocenters. The van der Waals surface area contributed by atoms with E-state index in [1.54, 1.807) is 6.07 Å². The van der Waals surface area contributed by atoms with Crippen molar-refractivity contribution in [3.8, 4) is 22.3 Å². The van der Waals surface area contributed by atoms with Crippen LogP contribution in [0.15, 0.2) is 97.6 Å². The van der Waals surface area contributed by atoms with Gasteiger partial charge in [-0.25, -0.2) is 4.39 Å². The normalized spacial score (nSPS) is 15.1. The fourth-order valence-corrected chi connectivity index (χ4v) is 6.17. The Labute approximate surface area is 291 Å². The zero-order valence-corrected chi connectivity index (χ0v) is 28.7. The fraction of sp³-hybridized carbons (Fsp3) is 0.381. The van der Waals surface area contributed by atoms with E-state index in [0.717, 1.165) is 90.7 Å². The van der Waals surface area contributed by atoms with Crippen molar-refractivity contribution in [1.82, 2.24) is 0 Å². The lowest BCUT2D eigenvalue weighted by molar-refractivity contribution is -0.122. The lowest BCUT2D eigenvalue weighted by atomic mass is 9.77. The number of benzene rings is 3. The van der Waals surface area contributed by atoms with Crippen LogP contribution in [0, 0.1) is 11.7 Å². The number of carbonyl (C=O) groups excluding carboxylic acids is 1. The van der Waals surface area contributed by atoms with Gasteiger partial charge in [-0.2, -0.15) is 0 Å². The summed E-state index contributed by atoms with van der Waals surface area (Å²) in [5.41, 5.74) is 8.64. The second kappa shape index (κ2) is 23.2. The Balaban J connectivity index is 0.000000823. The van der Waals surface area contributed by atoms with Gasteiger partial charge in [-0.1, -0.05) is 79.4 Å². The van der Waals surface area contributed by atoms with Gasteiger partial charge in [0, 0.05) is 12.2 Å². The largest absolute Gasteiger partial charge is 0.483 e. The molecule has 0 unspecified atom stereocenters. The van der Waals surface area contributed by atoms with Gasteiger partial charge in [0.25, 0.3) is 6.47 Å². The number of aliphatic hydroxyl groups excluding tert-OH is 3. The first-order chi connectivity index (χ1) is 23.7. The highest BCUT2D eigenvalue weighted by molar-refractivity contribution is 5.72. The van der Waals surface area contributed by atoms with Gasteiger partial charge in [0.05, 0.1) is 13.2 Å². The minimum absolute atomic E-state index is 0.0399. The molecular formula is C42H53FO6. The monoisotopic (exact) mass is 672 g/mol. The number of allylic oxidation sites excluding steroid dienone is 1. The molecule has 1 fully saturated rings. The maximum absolute atomic E-state index is 15.3. The summed E-state index contributed by atoms with van der Waals surface area (Å²) in [7, 11) is 0. The maximum atomic E-state index is 15.3. The first kappa shape index (κ1) is 41.0. The van der Waals surface area contributed by atoms with Crippen molar-refractivity contribution in [3.63, 3.8) is 0 Å². The summed E-state index contributed by atoms with van der Waals surface area (Å²) >= 11 is 0. The van der Waals surface area contributed by atoms with Crippen LogP contribution >= 0.6 is 0 Å². The van der Waals surface area contributed by atoms with E-state index in [2.05, 4.69) is 68.3 Å². The van der Waals surface area contributed by atoms with E-state index in [-0.39, 0.29) is 37.7 Å². The Morgan fingerprint density at radius 1 is 0.776 bits per heavy atom. The molecule has 4 N–H and O–H groups in total. The van der Waals surface area contributed by atoms with Crippen molar-refractivity contribution < 1.29 is 34.4 Å². The minimum Gasteiger partial charge on any atom is -0.483 e. The molecule has 1 saturated carbocycles. The third-order valence-electron chi connectivity index (χ3n) is 8.88. The predicted octanol–water partition coefficient (Wildman–Crippen LogP) is 8.63. The molecule has 264 valence electrons. The first-order valence-electron chi connectivity index (χ1n) is 17.1. The lowest BCUT2D eigenvalue weighted by Crippen LogP contribution is -2.14. The molecule has 0 amide bonds. The zero-order chi connectivity index (χ0) is 36.0. The van der Waals surface area contributed by atoms with Gasteiger partial charge in [-0.05, 0) is 127 Å². The summed E-state index contributed by atoms with van der Waals surface area (Å²) in [6.07, 6.45) is 13.6. The van der Waals surface area contributed by atoms with Crippen molar-refractivity contribution >= 4 is 12.8 Å². The fourth-order valence-electron chi connectivity index (χ4n) is 6.17. The second-order valence-corrected chi connectivity index (χ2v) is 12.6. The molecule has 1 aliphatic rings. The summed E-state index contributed by atoms with van der Waals surface area (Å²) in [4.78, 5) is 17.8. The smallest absolute Gasteiger partial charge is 0.290 e. The van der Waals surface area contributed by atoms with Gasteiger partial charge in [0.1, 0.15) is 12.1 Å². The molecule has 0 heterocycles. The van der Waals surface area contributed by atoms with Gasteiger partial charge in [0.2, 0.25) is 0 Å². The highest BCUT2D eigenvalue weighted by Gasteiger charge is 2.24. The number of aldehydes is 1. The van der Waals surface area contributed by atoms with Gasteiger partial charge >= 0.3 is 0 Å². The number of halogens is 1. The van der Waals surface area contributed by atoms with Crippen LogP contribution < -0.4 is 0 Å². The molecule has 7 heteroatoms. The van der Waals surface area contributed by atoms with Gasteiger partial charge in [0.15, 0.2) is 0 Å². The number of carbonyl (C=O) groups is 2. The molecule has 0 spiro atoms. The summed E-state index contributed by atoms with van der Waals surface area (Å²) in [6, 6.07) is 20.9. The molecule has 0 radical (unpaired) electrons. The molecule has 6 nitrogen and oxygen atoms in total. The standard InChI is InChI=1S/C37H45FO2.C4H6O2.CH2O2/c1-3-4-8-28-11-13-33(14-12-28)36-20-19-34(25-37(36)38)31-15-17-32(18-16-31)35-23-29(9-5-7-27(2)26-40)22-30(24-35)10-6-21-39;1-4(2-5)3-6;2-1-3/h3,15-20,22-25,28,33,39-40H,1-2,4-14,21,26H2;2,6H,1,3H2;1H,(H,2,3). The number of aryl methyl sites for hydroxylation is 2. The molecule has 49 heavy (non-hydrogen) atoms. The van der Waals surface area contributed by atoms with Gasteiger partial charge < -0.3 is 20.4 Å². The Morgan fingerprint density at radius 3 is 1.84 bits per heavy atom. The number of hydrogen-bond acceptors (Lipinski definition) is 5. The van der Waals surface area contributed by atoms with Crippen LogP contribution in [0.1, 0.15) is 80.4 Å². The Hall–Kier alpha value is -4.17. The Bertz CT molecular complexity index is 1470. The van der Waals surface area contributed by atoms with Crippen molar-refractivity contribution in [1.29, 1.82) is 0 Å². The number of aliphatic hydroxyl groups is 3. The van der Waals surface area contributed by atoms with E-state index >= 15 is 4.39 Å². The van der Waals surface area contributed by atoms with Crippen LogP contribution in [0.5, 0.6) is 0 Å². The second-order valence-electron chi connectivity index (χ2n) is 12.6. The molecule has 3 aromatic carbocycles. The summed E-state index contributed by atoms with van der Waals surface area (Å²) < 4.78 is 15.3. The van der Waals surface area contributed by atoms with Crippen LogP contribution in [0.4, 0.5) is 4.39 Å². The average molecular weight is 673 g/mol. The van der Waals surface area contributed by atoms with E-state index in [4.69, 9.17) is 15.0 Å². The predicted molar refractivity (Wildman–Crippen MR) is 197 cm³/mol. The van der Waals surface area contributed by atoms with Crippen molar-refractivity contribution in [3.05, 3.63) is 120 Å². The third kappa shape index (κ3) is 14.5. The number of carboxylic acid groups (broad SMARTS) is 1. The number of hydrogen-bond donors (Lipinski definition) is 4. The van der Waals surface area contributed by atoms with Crippen LogP contribution in [0.2, 0.25) is 0 Å². The van der Waals surface area contributed by atoms with Crippen molar-refractivity contribution in [2.75, 3.05) is 19.8 Å².